The van der Waals surface area contributed by atoms with Crippen molar-refractivity contribution in [1.82, 2.24) is 0 Å². The maximum atomic E-state index is 5.62. The molecule has 0 aromatic carbocycles. The highest BCUT2D eigenvalue weighted by Gasteiger charge is 2.30. The number of hydrogen-bond acceptors (Lipinski definition) is 1. The Kier molecular flexibility index (Phi) is 8.89. The molecule has 2 fully saturated rings. The van der Waals surface area contributed by atoms with Crippen molar-refractivity contribution in [2.75, 3.05) is 13.2 Å². The molecule has 0 spiro atoms. The van der Waals surface area contributed by atoms with Gasteiger partial charge in [0.1, 0.15) is 0 Å². The van der Waals surface area contributed by atoms with Crippen molar-refractivity contribution >= 4 is 0 Å². The molecular weight excluding hydrogens is 268 g/mol. The van der Waals surface area contributed by atoms with E-state index in [4.69, 9.17) is 4.74 Å². The first-order valence-corrected chi connectivity index (χ1v) is 10.4. The topological polar surface area (TPSA) is 9.23 Å². The van der Waals surface area contributed by atoms with Gasteiger partial charge < -0.3 is 4.74 Å². The van der Waals surface area contributed by atoms with Crippen molar-refractivity contribution in [3.63, 3.8) is 0 Å². The summed E-state index contributed by atoms with van der Waals surface area (Å²) in [5.74, 6) is 4.06. The lowest BCUT2D eigenvalue weighted by molar-refractivity contribution is 0.0710. The zero-order valence-electron chi connectivity index (χ0n) is 15.3. The van der Waals surface area contributed by atoms with Gasteiger partial charge in [0.25, 0.3) is 0 Å². The van der Waals surface area contributed by atoms with Crippen LogP contribution < -0.4 is 0 Å². The molecule has 0 aromatic rings. The molecular formula is C21H40O. The standard InChI is InChI=1S/C21H40O/c1-3-5-6-7-8-18-9-13-20(14-10-18)21-15-11-19(12-16-21)17-22-4-2/h18-21H,3-17H2,1-2H3/t18?,19-,20?,21-. The van der Waals surface area contributed by atoms with Crippen molar-refractivity contribution in [1.29, 1.82) is 0 Å². The van der Waals surface area contributed by atoms with Gasteiger partial charge >= 0.3 is 0 Å². The van der Waals surface area contributed by atoms with Crippen LogP contribution in [0.2, 0.25) is 0 Å². The van der Waals surface area contributed by atoms with E-state index in [0.717, 1.165) is 36.9 Å². The zero-order chi connectivity index (χ0) is 15.6. The van der Waals surface area contributed by atoms with E-state index in [1.54, 1.807) is 12.8 Å². The van der Waals surface area contributed by atoms with Gasteiger partial charge in [0.05, 0.1) is 0 Å². The van der Waals surface area contributed by atoms with E-state index in [-0.39, 0.29) is 0 Å². The molecule has 0 bridgehead atoms. The third-order valence-corrected chi connectivity index (χ3v) is 6.47. The van der Waals surface area contributed by atoms with Crippen LogP contribution in [0.4, 0.5) is 0 Å². The van der Waals surface area contributed by atoms with Crippen LogP contribution in [-0.4, -0.2) is 13.2 Å². The fraction of sp³-hybridized carbons (Fsp3) is 1.00. The third-order valence-electron chi connectivity index (χ3n) is 6.47. The van der Waals surface area contributed by atoms with Crippen molar-refractivity contribution < 1.29 is 4.74 Å². The molecule has 0 atom stereocenters. The summed E-state index contributed by atoms with van der Waals surface area (Å²) >= 11 is 0. The molecule has 0 N–H and O–H groups in total. The average Bonchev–Trinajstić information content (AvgIpc) is 2.58. The van der Waals surface area contributed by atoms with E-state index in [2.05, 4.69) is 13.8 Å². The lowest BCUT2D eigenvalue weighted by Crippen LogP contribution is -2.27. The summed E-state index contributed by atoms with van der Waals surface area (Å²) in [6.45, 7) is 6.34. The Bertz CT molecular complexity index is 259. The SMILES string of the molecule is CCCCCCC1CCC([C@H]2CC[C@H](COCC)CC2)CC1. The number of unbranched alkanes of at least 4 members (excludes halogenated alkanes) is 3. The molecule has 0 heterocycles. The zero-order valence-corrected chi connectivity index (χ0v) is 15.3. The van der Waals surface area contributed by atoms with Crippen LogP contribution in [0.5, 0.6) is 0 Å². The fourth-order valence-electron chi connectivity index (χ4n) is 4.92. The van der Waals surface area contributed by atoms with Crippen molar-refractivity contribution in [2.45, 2.75) is 97.3 Å². The Morgan fingerprint density at radius 2 is 1.27 bits per heavy atom. The molecule has 0 aromatic heterocycles. The molecule has 1 nitrogen and oxygen atoms in total. The van der Waals surface area contributed by atoms with Gasteiger partial charge in [-0.05, 0) is 69.1 Å². The molecule has 2 aliphatic carbocycles. The molecule has 2 aliphatic rings. The summed E-state index contributed by atoms with van der Waals surface area (Å²) in [6.07, 6.45) is 19.3. The summed E-state index contributed by atoms with van der Waals surface area (Å²) in [5, 5.41) is 0. The highest BCUT2D eigenvalue weighted by molar-refractivity contribution is 4.82. The van der Waals surface area contributed by atoms with Crippen LogP contribution in [0, 0.1) is 23.7 Å². The van der Waals surface area contributed by atoms with Crippen molar-refractivity contribution in [3.05, 3.63) is 0 Å². The summed E-state index contributed by atoms with van der Waals surface area (Å²) in [7, 11) is 0. The first-order valence-electron chi connectivity index (χ1n) is 10.4. The Hall–Kier alpha value is -0.0400. The van der Waals surface area contributed by atoms with Gasteiger partial charge in [0, 0.05) is 13.2 Å². The lowest BCUT2D eigenvalue weighted by Gasteiger charge is -2.38. The van der Waals surface area contributed by atoms with Crippen LogP contribution in [0.1, 0.15) is 97.3 Å². The molecule has 0 amide bonds. The van der Waals surface area contributed by atoms with Crippen molar-refractivity contribution in [3.8, 4) is 0 Å². The molecule has 1 heteroatoms. The quantitative estimate of drug-likeness (QED) is 0.436. The molecule has 0 aliphatic heterocycles. The Balaban J connectivity index is 1.57. The minimum atomic E-state index is 0.867. The van der Waals surface area contributed by atoms with Crippen LogP contribution in [0.15, 0.2) is 0 Å². The van der Waals surface area contributed by atoms with E-state index in [1.807, 2.05) is 0 Å². The van der Waals surface area contributed by atoms with Crippen molar-refractivity contribution in [2.24, 2.45) is 23.7 Å². The van der Waals surface area contributed by atoms with Gasteiger partial charge in [-0.25, -0.2) is 0 Å². The molecule has 130 valence electrons. The minimum Gasteiger partial charge on any atom is -0.381 e. The first kappa shape index (κ1) is 18.3. The van der Waals surface area contributed by atoms with Crippen LogP contribution in [0.25, 0.3) is 0 Å². The maximum absolute atomic E-state index is 5.62. The molecule has 0 radical (unpaired) electrons. The highest BCUT2D eigenvalue weighted by Crippen LogP contribution is 2.42. The van der Waals surface area contributed by atoms with Gasteiger partial charge in [0.2, 0.25) is 0 Å². The third kappa shape index (κ3) is 6.22. The van der Waals surface area contributed by atoms with Gasteiger partial charge in [-0.3, -0.25) is 0 Å². The first-order chi connectivity index (χ1) is 10.8. The molecule has 2 saturated carbocycles. The molecule has 0 saturated heterocycles. The van der Waals surface area contributed by atoms with E-state index in [9.17, 15) is 0 Å². The summed E-state index contributed by atoms with van der Waals surface area (Å²) in [6, 6.07) is 0. The molecule has 0 unspecified atom stereocenters. The van der Waals surface area contributed by atoms with E-state index < -0.39 is 0 Å². The number of ether oxygens (including phenoxy) is 1. The second-order valence-electron chi connectivity index (χ2n) is 8.07. The summed E-state index contributed by atoms with van der Waals surface area (Å²) in [5.41, 5.74) is 0. The normalized spacial score (nSPS) is 33.0. The van der Waals surface area contributed by atoms with E-state index in [0.29, 0.717) is 0 Å². The van der Waals surface area contributed by atoms with Gasteiger partial charge in [-0.15, -0.1) is 0 Å². The van der Waals surface area contributed by atoms with Crippen LogP contribution >= 0.6 is 0 Å². The van der Waals surface area contributed by atoms with Gasteiger partial charge in [0.15, 0.2) is 0 Å². The van der Waals surface area contributed by atoms with E-state index >= 15 is 0 Å². The fourth-order valence-corrected chi connectivity index (χ4v) is 4.92. The minimum absolute atomic E-state index is 0.867. The Morgan fingerprint density at radius 1 is 0.682 bits per heavy atom. The second kappa shape index (κ2) is 10.7. The second-order valence-corrected chi connectivity index (χ2v) is 8.07. The maximum Gasteiger partial charge on any atom is 0.0494 e. The largest absolute Gasteiger partial charge is 0.381 e. The summed E-state index contributed by atoms with van der Waals surface area (Å²) < 4.78 is 5.62. The lowest BCUT2D eigenvalue weighted by atomic mass is 9.69. The molecule has 22 heavy (non-hydrogen) atoms. The van der Waals surface area contributed by atoms with Gasteiger partial charge in [-0.1, -0.05) is 51.9 Å². The molecule has 2 rings (SSSR count). The predicted octanol–water partition coefficient (Wildman–Crippen LogP) is 6.61. The highest BCUT2D eigenvalue weighted by atomic mass is 16.5. The smallest absolute Gasteiger partial charge is 0.0494 e. The average molecular weight is 309 g/mol. The number of rotatable bonds is 9. The summed E-state index contributed by atoms with van der Waals surface area (Å²) in [4.78, 5) is 0. The Morgan fingerprint density at radius 3 is 1.82 bits per heavy atom. The van der Waals surface area contributed by atoms with Crippen LogP contribution in [0.3, 0.4) is 0 Å². The predicted molar refractivity (Wildman–Crippen MR) is 96.1 cm³/mol. The number of hydrogen-bond donors (Lipinski definition) is 0. The van der Waals surface area contributed by atoms with Crippen LogP contribution in [-0.2, 0) is 4.74 Å². The Labute approximate surface area is 139 Å². The van der Waals surface area contributed by atoms with E-state index in [1.165, 1.54) is 70.6 Å². The van der Waals surface area contributed by atoms with Gasteiger partial charge in [-0.2, -0.15) is 0 Å². The monoisotopic (exact) mass is 308 g/mol.